The van der Waals surface area contributed by atoms with Crippen LogP contribution in [0.25, 0.3) is 10.9 Å². The number of carbonyl (C=O) groups is 4. The van der Waals surface area contributed by atoms with Gasteiger partial charge in [-0.15, -0.1) is 0 Å². The molecule has 2 aliphatic heterocycles. The maximum Gasteiger partial charge on any atom is 0.435 e. The van der Waals surface area contributed by atoms with Gasteiger partial charge in [0.25, 0.3) is 0 Å². The van der Waals surface area contributed by atoms with Crippen LogP contribution < -0.4 is 10.6 Å². The SMILES string of the molecule is COC(=O)C(Cc1ccc2c(cnn2C(=O)OC(C)(C)C)c1)NC(=O)N1CCC(N2Cc3ccccc3NC2=O)CC1. The zero-order valence-corrected chi connectivity index (χ0v) is 24.3. The summed E-state index contributed by atoms with van der Waals surface area (Å²) < 4.78 is 11.6. The number of fused-ring (bicyclic) bond motifs is 2. The number of aromatic nitrogens is 2. The molecule has 1 fully saturated rings. The van der Waals surface area contributed by atoms with Crippen molar-refractivity contribution in [3.05, 3.63) is 59.8 Å². The van der Waals surface area contributed by atoms with E-state index in [-0.39, 0.29) is 24.5 Å². The van der Waals surface area contributed by atoms with Gasteiger partial charge in [0, 0.05) is 43.2 Å². The lowest BCUT2D eigenvalue weighted by Gasteiger charge is -2.40. The van der Waals surface area contributed by atoms with Crippen molar-refractivity contribution in [2.24, 2.45) is 0 Å². The van der Waals surface area contributed by atoms with Crippen molar-refractivity contribution in [3.63, 3.8) is 0 Å². The van der Waals surface area contributed by atoms with Gasteiger partial charge in [-0.05, 0) is 62.9 Å². The van der Waals surface area contributed by atoms with Crippen molar-refractivity contribution in [1.29, 1.82) is 0 Å². The standard InChI is InChI=1S/C30H36N6O6/c1-30(2,3)42-29(40)36-25-10-9-19(15-21(25)17-31-36)16-24(26(37)41-4)33-27(38)34-13-11-22(12-14-34)35-18-20-7-5-6-8-23(20)32-28(35)39/h5-10,15,17,22,24H,11-14,16,18H2,1-4H3,(H,32,39)(H,33,38). The van der Waals surface area contributed by atoms with Crippen LogP contribution in [0.15, 0.2) is 48.7 Å². The number of rotatable bonds is 5. The van der Waals surface area contributed by atoms with Gasteiger partial charge in [0.1, 0.15) is 11.6 Å². The van der Waals surface area contributed by atoms with E-state index >= 15 is 0 Å². The van der Waals surface area contributed by atoms with Crippen molar-refractivity contribution in [2.75, 3.05) is 25.5 Å². The number of anilines is 1. The molecule has 1 atom stereocenters. The van der Waals surface area contributed by atoms with Crippen LogP contribution in [0.3, 0.4) is 0 Å². The number of para-hydroxylation sites is 1. The molecule has 42 heavy (non-hydrogen) atoms. The quantitative estimate of drug-likeness (QED) is 0.436. The largest absolute Gasteiger partial charge is 0.467 e. The Morgan fingerprint density at radius 1 is 1.12 bits per heavy atom. The van der Waals surface area contributed by atoms with E-state index in [0.717, 1.165) is 16.8 Å². The molecule has 2 aliphatic rings. The van der Waals surface area contributed by atoms with Crippen molar-refractivity contribution in [3.8, 4) is 0 Å². The molecule has 12 heteroatoms. The fraction of sp³-hybridized carbons (Fsp3) is 0.433. The van der Waals surface area contributed by atoms with E-state index in [0.29, 0.717) is 43.4 Å². The second-order valence-corrected chi connectivity index (χ2v) is 11.6. The number of nitrogens with zero attached hydrogens (tertiary/aromatic N) is 4. The van der Waals surface area contributed by atoms with Gasteiger partial charge in [0.05, 0.1) is 18.8 Å². The molecule has 2 N–H and O–H groups in total. The molecule has 3 aromatic rings. The normalized spacial score (nSPS) is 16.4. The predicted molar refractivity (Wildman–Crippen MR) is 155 cm³/mol. The van der Waals surface area contributed by atoms with E-state index in [4.69, 9.17) is 9.47 Å². The summed E-state index contributed by atoms with van der Waals surface area (Å²) in [5.41, 5.74) is 2.57. The zero-order chi connectivity index (χ0) is 30.0. The van der Waals surface area contributed by atoms with E-state index in [2.05, 4.69) is 15.7 Å². The summed E-state index contributed by atoms with van der Waals surface area (Å²) in [6.45, 7) is 6.78. The number of hydrogen-bond acceptors (Lipinski definition) is 7. The van der Waals surface area contributed by atoms with Gasteiger partial charge in [-0.2, -0.15) is 9.78 Å². The Labute approximate surface area is 243 Å². The molecule has 4 amide bonds. The third kappa shape index (κ3) is 6.32. The first-order valence-corrected chi connectivity index (χ1v) is 14.0. The number of nitrogens with one attached hydrogen (secondary N) is 2. The number of urea groups is 2. The third-order valence-corrected chi connectivity index (χ3v) is 7.48. The second kappa shape index (κ2) is 11.7. The highest BCUT2D eigenvalue weighted by atomic mass is 16.6. The molecule has 0 saturated carbocycles. The summed E-state index contributed by atoms with van der Waals surface area (Å²) in [4.78, 5) is 54.5. The van der Waals surface area contributed by atoms with Gasteiger partial charge in [-0.1, -0.05) is 24.3 Å². The number of benzene rings is 2. The molecule has 1 unspecified atom stereocenters. The monoisotopic (exact) mass is 576 g/mol. The molecule has 0 spiro atoms. The van der Waals surface area contributed by atoms with E-state index in [1.807, 2.05) is 35.2 Å². The molecule has 1 aromatic heterocycles. The molecule has 5 rings (SSSR count). The minimum absolute atomic E-state index is 0.00661. The fourth-order valence-corrected chi connectivity index (χ4v) is 5.37. The first-order valence-electron chi connectivity index (χ1n) is 14.0. The molecule has 222 valence electrons. The summed E-state index contributed by atoms with van der Waals surface area (Å²) in [5, 5.41) is 10.6. The highest BCUT2D eigenvalue weighted by Crippen LogP contribution is 2.27. The fourth-order valence-electron chi connectivity index (χ4n) is 5.37. The highest BCUT2D eigenvalue weighted by molar-refractivity contribution is 5.92. The van der Waals surface area contributed by atoms with Gasteiger partial charge in [-0.3, -0.25) is 0 Å². The summed E-state index contributed by atoms with van der Waals surface area (Å²) in [5.74, 6) is -0.563. The number of carbonyl (C=O) groups excluding carboxylic acids is 4. The summed E-state index contributed by atoms with van der Waals surface area (Å²) in [6.07, 6.45) is 2.42. The first-order chi connectivity index (χ1) is 20.0. The lowest BCUT2D eigenvalue weighted by atomic mass is 10.0. The summed E-state index contributed by atoms with van der Waals surface area (Å²) in [6, 6.07) is 11.7. The average Bonchev–Trinajstić information content (AvgIpc) is 3.39. The van der Waals surface area contributed by atoms with Gasteiger partial charge < -0.3 is 29.9 Å². The molecule has 3 heterocycles. The number of methoxy groups -OCH3 is 1. The van der Waals surface area contributed by atoms with Gasteiger partial charge in [0.2, 0.25) is 0 Å². The van der Waals surface area contributed by atoms with E-state index in [1.165, 1.54) is 11.8 Å². The number of esters is 1. The molecule has 0 radical (unpaired) electrons. The summed E-state index contributed by atoms with van der Waals surface area (Å²) >= 11 is 0. The van der Waals surface area contributed by atoms with Crippen LogP contribution in [0.1, 0.15) is 44.7 Å². The number of ether oxygens (including phenoxy) is 2. The van der Waals surface area contributed by atoms with E-state index in [1.54, 1.807) is 44.0 Å². The smallest absolute Gasteiger partial charge is 0.435 e. The Morgan fingerprint density at radius 3 is 2.57 bits per heavy atom. The van der Waals surface area contributed by atoms with Crippen molar-refractivity contribution in [1.82, 2.24) is 24.9 Å². The van der Waals surface area contributed by atoms with Gasteiger partial charge >= 0.3 is 24.1 Å². The third-order valence-electron chi connectivity index (χ3n) is 7.48. The molecule has 0 aliphatic carbocycles. The van der Waals surface area contributed by atoms with Crippen molar-refractivity contribution < 1.29 is 28.7 Å². The lowest BCUT2D eigenvalue weighted by molar-refractivity contribution is -0.142. The van der Waals surface area contributed by atoms with E-state index in [9.17, 15) is 19.2 Å². The van der Waals surface area contributed by atoms with Crippen LogP contribution in [0, 0.1) is 0 Å². The van der Waals surface area contributed by atoms with Crippen LogP contribution >= 0.6 is 0 Å². The van der Waals surface area contributed by atoms with Gasteiger partial charge in [0.15, 0.2) is 0 Å². The Bertz CT molecular complexity index is 1500. The van der Waals surface area contributed by atoms with E-state index < -0.39 is 23.7 Å². The Morgan fingerprint density at radius 2 is 1.86 bits per heavy atom. The van der Waals surface area contributed by atoms with Crippen LogP contribution in [-0.4, -0.2) is 81.6 Å². The zero-order valence-electron chi connectivity index (χ0n) is 24.3. The predicted octanol–water partition coefficient (Wildman–Crippen LogP) is 4.13. The van der Waals surface area contributed by atoms with Crippen molar-refractivity contribution >= 4 is 40.7 Å². The second-order valence-electron chi connectivity index (χ2n) is 11.6. The lowest BCUT2D eigenvalue weighted by Crippen LogP contribution is -2.54. The molecular weight excluding hydrogens is 540 g/mol. The Kier molecular flexibility index (Phi) is 8.06. The number of piperidine rings is 1. The van der Waals surface area contributed by atoms with Gasteiger partial charge in [-0.25, -0.2) is 19.2 Å². The first kappa shape index (κ1) is 28.9. The number of amides is 4. The molecule has 0 bridgehead atoms. The van der Waals surface area contributed by atoms with Crippen LogP contribution in [0.4, 0.5) is 20.1 Å². The number of hydrogen-bond donors (Lipinski definition) is 2. The van der Waals surface area contributed by atoms with Crippen molar-refractivity contribution in [2.45, 2.75) is 64.3 Å². The van der Waals surface area contributed by atoms with Crippen LogP contribution in [-0.2, 0) is 27.2 Å². The maximum absolute atomic E-state index is 13.2. The summed E-state index contributed by atoms with van der Waals surface area (Å²) in [7, 11) is 1.28. The molecule has 2 aromatic carbocycles. The maximum atomic E-state index is 13.2. The number of likely N-dealkylation sites (tertiary alicyclic amines) is 1. The average molecular weight is 577 g/mol. The van der Waals surface area contributed by atoms with Crippen LogP contribution in [0.5, 0.6) is 0 Å². The minimum Gasteiger partial charge on any atom is -0.467 e. The molecule has 1 saturated heterocycles. The van der Waals surface area contributed by atoms with Crippen LogP contribution in [0.2, 0.25) is 0 Å². The molecular formula is C30H36N6O6. The Balaban J connectivity index is 1.20. The highest BCUT2D eigenvalue weighted by Gasteiger charge is 2.33. The molecule has 12 nitrogen and oxygen atoms in total. The minimum atomic E-state index is -0.914. The topological polar surface area (TPSA) is 135 Å². The Hall–Kier alpha value is -4.61.